The molecule has 0 N–H and O–H groups in total. The number of carbonyl (C=O) groups excluding carboxylic acids is 1. The van der Waals surface area contributed by atoms with Gasteiger partial charge < -0.3 is 13.9 Å². The summed E-state index contributed by atoms with van der Waals surface area (Å²) in [5.41, 5.74) is 2.00. The van der Waals surface area contributed by atoms with Crippen molar-refractivity contribution in [3.63, 3.8) is 0 Å². The van der Waals surface area contributed by atoms with E-state index in [2.05, 4.69) is 4.98 Å². The van der Waals surface area contributed by atoms with Crippen molar-refractivity contribution in [2.45, 2.75) is 6.54 Å². The van der Waals surface area contributed by atoms with E-state index < -0.39 is 5.97 Å². The third kappa shape index (κ3) is 3.18. The Hall–Kier alpha value is -3.39. The molecule has 0 amide bonds. The SMILES string of the molecule is COC(=O)c1occc1Cn1cnc2cc(-c3ccc(OC)cc3)sc2c1=O. The highest BCUT2D eigenvalue weighted by molar-refractivity contribution is 7.22. The minimum atomic E-state index is -0.583. The minimum absolute atomic E-state index is 0.0830. The van der Waals surface area contributed by atoms with Crippen LogP contribution in [0.5, 0.6) is 5.75 Å². The van der Waals surface area contributed by atoms with Gasteiger partial charge in [-0.05, 0) is 42.0 Å². The molecule has 4 rings (SSSR count). The second kappa shape index (κ2) is 7.32. The van der Waals surface area contributed by atoms with Crippen LogP contribution in [0, 0.1) is 0 Å². The maximum atomic E-state index is 12.9. The van der Waals surface area contributed by atoms with Crippen LogP contribution in [0.2, 0.25) is 0 Å². The van der Waals surface area contributed by atoms with Gasteiger partial charge in [-0.2, -0.15) is 0 Å². The van der Waals surface area contributed by atoms with Crippen molar-refractivity contribution in [3.05, 3.63) is 70.7 Å². The van der Waals surface area contributed by atoms with Gasteiger partial charge in [-0.1, -0.05) is 0 Å². The average molecular weight is 396 g/mol. The van der Waals surface area contributed by atoms with E-state index in [0.29, 0.717) is 15.8 Å². The lowest BCUT2D eigenvalue weighted by Crippen LogP contribution is -2.21. The lowest BCUT2D eigenvalue weighted by molar-refractivity contribution is 0.0563. The van der Waals surface area contributed by atoms with Crippen molar-refractivity contribution >= 4 is 27.5 Å². The number of rotatable bonds is 5. The van der Waals surface area contributed by atoms with Crippen molar-refractivity contribution < 1.29 is 18.7 Å². The summed E-state index contributed by atoms with van der Waals surface area (Å²) >= 11 is 1.38. The van der Waals surface area contributed by atoms with Crippen LogP contribution in [0.3, 0.4) is 0 Å². The van der Waals surface area contributed by atoms with Gasteiger partial charge in [0.15, 0.2) is 0 Å². The van der Waals surface area contributed by atoms with Gasteiger partial charge in [-0.15, -0.1) is 11.3 Å². The Labute approximate surface area is 163 Å². The molecule has 0 atom stereocenters. The largest absolute Gasteiger partial charge is 0.497 e. The number of hydrogen-bond donors (Lipinski definition) is 0. The number of esters is 1. The second-order valence-electron chi connectivity index (χ2n) is 6.00. The summed E-state index contributed by atoms with van der Waals surface area (Å²) in [6, 6.07) is 11.2. The highest BCUT2D eigenvalue weighted by atomic mass is 32.1. The molecule has 28 heavy (non-hydrogen) atoms. The lowest BCUT2D eigenvalue weighted by Gasteiger charge is -2.04. The Morgan fingerprint density at radius 3 is 2.71 bits per heavy atom. The molecule has 0 fully saturated rings. The Balaban J connectivity index is 1.70. The quantitative estimate of drug-likeness (QED) is 0.480. The van der Waals surface area contributed by atoms with Crippen LogP contribution in [-0.2, 0) is 11.3 Å². The zero-order valence-electron chi connectivity index (χ0n) is 15.2. The van der Waals surface area contributed by atoms with E-state index in [0.717, 1.165) is 16.2 Å². The molecule has 3 heterocycles. The molecule has 0 saturated carbocycles. The predicted molar refractivity (Wildman–Crippen MR) is 105 cm³/mol. The number of furan rings is 1. The molecule has 4 aromatic rings. The van der Waals surface area contributed by atoms with Gasteiger partial charge in [-0.3, -0.25) is 9.36 Å². The normalized spacial score (nSPS) is 10.9. The van der Waals surface area contributed by atoms with Crippen molar-refractivity contribution in [1.82, 2.24) is 9.55 Å². The molecule has 142 valence electrons. The number of carbonyl (C=O) groups is 1. The maximum absolute atomic E-state index is 12.9. The molecular weight excluding hydrogens is 380 g/mol. The molecule has 0 saturated heterocycles. The minimum Gasteiger partial charge on any atom is -0.497 e. The first kappa shape index (κ1) is 18.0. The van der Waals surface area contributed by atoms with Gasteiger partial charge in [0.25, 0.3) is 5.56 Å². The molecule has 0 aliphatic rings. The molecule has 0 bridgehead atoms. The van der Waals surface area contributed by atoms with Crippen LogP contribution in [0.25, 0.3) is 20.7 Å². The summed E-state index contributed by atoms with van der Waals surface area (Å²) in [7, 11) is 2.90. The highest BCUT2D eigenvalue weighted by Gasteiger charge is 2.17. The molecule has 3 aromatic heterocycles. The number of thiophene rings is 1. The molecule has 0 unspecified atom stereocenters. The predicted octanol–water partition coefficient (Wildman–Crippen LogP) is 3.56. The van der Waals surface area contributed by atoms with E-state index in [4.69, 9.17) is 13.9 Å². The summed E-state index contributed by atoms with van der Waals surface area (Å²) in [5.74, 6) is 0.270. The summed E-state index contributed by atoms with van der Waals surface area (Å²) in [6.07, 6.45) is 2.87. The first-order valence-corrected chi connectivity index (χ1v) is 9.20. The number of benzene rings is 1. The number of hydrogen-bond acceptors (Lipinski definition) is 7. The fourth-order valence-electron chi connectivity index (χ4n) is 2.87. The van der Waals surface area contributed by atoms with Gasteiger partial charge in [0.05, 0.1) is 38.9 Å². The van der Waals surface area contributed by atoms with Crippen molar-refractivity contribution in [3.8, 4) is 16.2 Å². The van der Waals surface area contributed by atoms with Crippen molar-refractivity contribution in [2.24, 2.45) is 0 Å². The third-order valence-corrected chi connectivity index (χ3v) is 5.50. The molecule has 7 nitrogen and oxygen atoms in total. The Bertz CT molecular complexity index is 1200. The molecule has 8 heteroatoms. The van der Waals surface area contributed by atoms with E-state index in [1.807, 2.05) is 30.3 Å². The number of aromatic nitrogens is 2. The Morgan fingerprint density at radius 2 is 2.00 bits per heavy atom. The molecule has 0 aliphatic carbocycles. The standard InChI is InChI=1S/C20H16N2O5S/c1-25-14-5-3-12(4-6-14)16-9-15-18(28-16)19(23)22(11-21-15)10-13-7-8-27-17(13)20(24)26-2/h3-9,11H,10H2,1-2H3. The van der Waals surface area contributed by atoms with Gasteiger partial charge in [0.1, 0.15) is 10.4 Å². The van der Waals surface area contributed by atoms with Crippen molar-refractivity contribution in [1.29, 1.82) is 0 Å². The summed E-state index contributed by atoms with van der Waals surface area (Å²) in [5, 5.41) is 0. The van der Waals surface area contributed by atoms with Crippen LogP contribution in [0.15, 0.2) is 58.2 Å². The number of nitrogens with zero attached hydrogens (tertiary/aromatic N) is 2. The molecular formula is C20H16N2O5S. The number of methoxy groups -OCH3 is 2. The van der Waals surface area contributed by atoms with Crippen LogP contribution in [0.1, 0.15) is 16.1 Å². The smallest absolute Gasteiger partial charge is 0.374 e. The van der Waals surface area contributed by atoms with Gasteiger partial charge >= 0.3 is 5.97 Å². The van der Waals surface area contributed by atoms with Crippen molar-refractivity contribution in [2.75, 3.05) is 14.2 Å². The first-order chi connectivity index (χ1) is 13.6. The Kier molecular flexibility index (Phi) is 4.70. The van der Waals surface area contributed by atoms with Gasteiger partial charge in [-0.25, -0.2) is 9.78 Å². The number of ether oxygens (including phenoxy) is 2. The molecule has 0 aliphatic heterocycles. The number of fused-ring (bicyclic) bond motifs is 1. The second-order valence-corrected chi connectivity index (χ2v) is 7.05. The van der Waals surface area contributed by atoms with E-state index >= 15 is 0 Å². The Morgan fingerprint density at radius 1 is 1.21 bits per heavy atom. The van der Waals surface area contributed by atoms with Gasteiger partial charge in [0, 0.05) is 10.4 Å². The summed E-state index contributed by atoms with van der Waals surface area (Å²) in [4.78, 5) is 30.0. The monoisotopic (exact) mass is 396 g/mol. The first-order valence-electron chi connectivity index (χ1n) is 8.39. The van der Waals surface area contributed by atoms with E-state index in [1.165, 1.54) is 35.6 Å². The molecule has 1 aromatic carbocycles. The zero-order chi connectivity index (χ0) is 19.7. The maximum Gasteiger partial charge on any atom is 0.374 e. The molecule has 0 radical (unpaired) electrons. The average Bonchev–Trinajstić information content (AvgIpc) is 3.37. The third-order valence-electron chi connectivity index (χ3n) is 4.34. The van der Waals surface area contributed by atoms with Crippen LogP contribution in [-0.4, -0.2) is 29.7 Å². The summed E-state index contributed by atoms with van der Waals surface area (Å²) in [6.45, 7) is 0.165. The van der Waals surface area contributed by atoms with Crippen LogP contribution >= 0.6 is 11.3 Å². The van der Waals surface area contributed by atoms with E-state index in [-0.39, 0.29) is 17.9 Å². The van der Waals surface area contributed by atoms with E-state index in [1.54, 1.807) is 13.2 Å². The van der Waals surface area contributed by atoms with Crippen LogP contribution < -0.4 is 10.3 Å². The fourth-order valence-corrected chi connectivity index (χ4v) is 3.94. The zero-order valence-corrected chi connectivity index (χ0v) is 16.0. The topological polar surface area (TPSA) is 83.6 Å². The fraction of sp³-hybridized carbons (Fsp3) is 0.150. The molecule has 0 spiro atoms. The summed E-state index contributed by atoms with van der Waals surface area (Å²) < 4.78 is 17.1. The lowest BCUT2D eigenvalue weighted by atomic mass is 10.2. The highest BCUT2D eigenvalue weighted by Crippen LogP contribution is 2.31. The van der Waals surface area contributed by atoms with E-state index in [9.17, 15) is 9.59 Å². The van der Waals surface area contributed by atoms with Crippen LogP contribution in [0.4, 0.5) is 0 Å². The van der Waals surface area contributed by atoms with Gasteiger partial charge in [0.2, 0.25) is 5.76 Å².